The number of ether oxygens (including phenoxy) is 35. The first-order valence-electron chi connectivity index (χ1n) is 35.3. The quantitative estimate of drug-likeness (QED) is 0.0915. The Morgan fingerprint density at radius 3 is 0.642 bits per heavy atom. The topological polar surface area (TPSA) is 340 Å². The SMILES string of the molecule is COCC1OC2OC3C(COC)OC(OC4C(COC)OC(OC5C(COC)OC(OC6C(COC)OC(OC7C(COC)OC(OC8C(COC)OC(OC1C(OC)C2OC)C(OC)C8OC)C(OC)C7OC)C(OC)C6OCc1ccccc1)C(OC(C)=O)C5OC)C(OC)C4OC)C(OC)C3OC. The van der Waals surface area contributed by atoms with Crippen LogP contribution in [0, 0.1) is 0 Å². The van der Waals surface area contributed by atoms with E-state index in [1.54, 1.807) is 0 Å². The summed E-state index contributed by atoms with van der Waals surface area (Å²) in [5, 5.41) is 0. The van der Waals surface area contributed by atoms with Crippen molar-refractivity contribution in [2.75, 3.05) is 181 Å². The van der Waals surface area contributed by atoms with E-state index in [9.17, 15) is 4.79 Å². The molecule has 0 saturated carbocycles. The number of benzene rings is 1. The van der Waals surface area contributed by atoms with Crippen LogP contribution in [0.25, 0.3) is 0 Å². The molecule has 21 fully saturated rings. The third kappa shape index (κ3) is 19.7. The van der Waals surface area contributed by atoms with Crippen molar-refractivity contribution in [3.63, 3.8) is 0 Å². The molecule has 35 atom stereocenters. The van der Waals surface area contributed by atoms with E-state index in [4.69, 9.17) is 166 Å². The molecule has 14 bridgehead atoms. The molecule has 0 aliphatic carbocycles. The largest absolute Gasteiger partial charge is 0.454 e. The number of carbonyl (C=O) groups excluding carboxylic acids is 1. The van der Waals surface area contributed by atoms with Gasteiger partial charge >= 0.3 is 5.97 Å². The second kappa shape index (κ2) is 43.0. The molecule has 22 rings (SSSR count). The maximum absolute atomic E-state index is 13.6. The van der Waals surface area contributed by atoms with E-state index in [2.05, 4.69) is 0 Å². The molecule has 1 aromatic rings. The Labute approximate surface area is 620 Å². The van der Waals surface area contributed by atoms with Crippen molar-refractivity contribution >= 4 is 5.97 Å². The fourth-order valence-corrected chi connectivity index (χ4v) is 15.6. The fraction of sp³-hybridized carbons (Fsp3) is 0.900. The molecule has 21 aliphatic rings. The third-order valence-corrected chi connectivity index (χ3v) is 20.3. The number of rotatable bonds is 30. The molecule has 0 N–H and O–H groups in total. The van der Waals surface area contributed by atoms with Crippen LogP contribution in [0.3, 0.4) is 0 Å². The highest BCUT2D eigenvalue weighted by molar-refractivity contribution is 5.66. The average molecular weight is 1530 g/mol. The van der Waals surface area contributed by atoms with Gasteiger partial charge in [0, 0.05) is 142 Å². The highest BCUT2D eigenvalue weighted by Crippen LogP contribution is 2.43. The lowest BCUT2D eigenvalue weighted by molar-refractivity contribution is -0.403. The van der Waals surface area contributed by atoms with Gasteiger partial charge in [-0.15, -0.1) is 0 Å². The van der Waals surface area contributed by atoms with Crippen LogP contribution in [-0.4, -0.2) is 402 Å². The van der Waals surface area contributed by atoms with Gasteiger partial charge in [0.25, 0.3) is 0 Å². The van der Waals surface area contributed by atoms with Crippen LogP contribution in [0.15, 0.2) is 30.3 Å². The van der Waals surface area contributed by atoms with Crippen LogP contribution in [0.5, 0.6) is 0 Å². The molecule has 0 radical (unpaired) electrons. The lowest BCUT2D eigenvalue weighted by atomic mass is 9.94. The van der Waals surface area contributed by atoms with Crippen molar-refractivity contribution in [3.05, 3.63) is 35.9 Å². The molecule has 0 aromatic heterocycles. The first kappa shape index (κ1) is 87.3. The van der Waals surface area contributed by atoms with Crippen LogP contribution in [-0.2, 0) is 177 Å². The third-order valence-electron chi connectivity index (χ3n) is 20.3. The molecule has 21 heterocycles. The second-order valence-electron chi connectivity index (χ2n) is 26.4. The minimum Gasteiger partial charge on any atom is -0.454 e. The standard InChI is InChI=1S/C70H116O36/c1-34(71)92-63-55(84-14)48-41(32-77-7)99-70(63)106-49-42(33-78-8)98-69(62(90-20)56(49)91-26-35-24-22-21-23-25-35)104-47-40(31-76-6)96-67(60(88-18)54(47)83-13)102-45-38(29-74-4)94-65(58(86-16)52(45)81-11)100-43-36(27-72-2)93-64(57(85-15)50(43)79-9)101-44-37(28-73-3)95-66(59(87-17)51(44)80-10)103-46-39(30-75-5)97-68(105-48)61(89-19)53(46)82-12/h21-25,36-70H,26-33H2,1-20H3. The van der Waals surface area contributed by atoms with Gasteiger partial charge in [-0.3, -0.25) is 4.79 Å². The van der Waals surface area contributed by atoms with E-state index < -0.39 is 221 Å². The number of methoxy groups -OCH3 is 19. The average Bonchev–Trinajstić information content (AvgIpc) is 0.771. The molecule has 612 valence electrons. The van der Waals surface area contributed by atoms with Gasteiger partial charge in [-0.2, -0.15) is 0 Å². The number of esters is 1. The van der Waals surface area contributed by atoms with E-state index in [0.29, 0.717) is 0 Å². The predicted molar refractivity (Wildman–Crippen MR) is 358 cm³/mol. The highest BCUT2D eigenvalue weighted by Gasteiger charge is 2.62. The van der Waals surface area contributed by atoms with Gasteiger partial charge in [0.2, 0.25) is 0 Å². The van der Waals surface area contributed by atoms with Crippen molar-refractivity contribution in [2.24, 2.45) is 0 Å². The lowest BCUT2D eigenvalue weighted by Crippen LogP contribution is -2.69. The smallest absolute Gasteiger partial charge is 0.303 e. The van der Waals surface area contributed by atoms with E-state index in [0.717, 1.165) is 5.56 Å². The summed E-state index contributed by atoms with van der Waals surface area (Å²) >= 11 is 0. The second-order valence-corrected chi connectivity index (χ2v) is 26.4. The molecule has 36 heteroatoms. The van der Waals surface area contributed by atoms with Gasteiger partial charge in [-0.1, -0.05) is 30.3 Å². The zero-order valence-corrected chi connectivity index (χ0v) is 64.4. The van der Waals surface area contributed by atoms with E-state index in [1.807, 2.05) is 30.3 Å². The summed E-state index contributed by atoms with van der Waals surface area (Å²) in [6, 6.07) is 9.47. The molecular formula is C70H116O36. The van der Waals surface area contributed by atoms with Crippen LogP contribution in [0.1, 0.15) is 12.5 Å². The highest BCUT2D eigenvalue weighted by atomic mass is 16.8. The maximum Gasteiger partial charge on any atom is 0.303 e. The molecule has 106 heavy (non-hydrogen) atoms. The monoisotopic (exact) mass is 1530 g/mol. The molecule has 35 unspecified atom stereocenters. The Bertz CT molecular complexity index is 2630. The van der Waals surface area contributed by atoms with Gasteiger partial charge in [0.1, 0.15) is 165 Å². The summed E-state index contributed by atoms with van der Waals surface area (Å²) in [6.07, 6.45) is -39.0. The number of carbonyl (C=O) groups is 1. The lowest BCUT2D eigenvalue weighted by Gasteiger charge is -2.52. The van der Waals surface area contributed by atoms with Gasteiger partial charge in [-0.05, 0) is 5.56 Å². The number of hydrogen-bond acceptors (Lipinski definition) is 36. The van der Waals surface area contributed by atoms with Crippen LogP contribution >= 0.6 is 0 Å². The van der Waals surface area contributed by atoms with Crippen molar-refractivity contribution in [3.8, 4) is 0 Å². The Morgan fingerprint density at radius 2 is 0.443 bits per heavy atom. The van der Waals surface area contributed by atoms with Crippen LogP contribution in [0.4, 0.5) is 0 Å². The molecule has 1 aromatic carbocycles. The fourth-order valence-electron chi connectivity index (χ4n) is 15.6. The number of hydrogen-bond donors (Lipinski definition) is 0. The van der Waals surface area contributed by atoms with Gasteiger partial charge in [0.05, 0.1) is 52.9 Å². The molecule has 21 saturated heterocycles. The minimum absolute atomic E-state index is 0.0300. The Balaban J connectivity index is 1.17. The summed E-state index contributed by atoms with van der Waals surface area (Å²) in [7, 11) is 28.3. The Kier molecular flexibility index (Phi) is 35.4. The zero-order valence-electron chi connectivity index (χ0n) is 64.4. The van der Waals surface area contributed by atoms with Crippen molar-refractivity contribution in [2.45, 2.75) is 228 Å². The summed E-state index contributed by atoms with van der Waals surface area (Å²) in [4.78, 5) is 13.6. The van der Waals surface area contributed by atoms with Crippen molar-refractivity contribution < 1.29 is 171 Å². The van der Waals surface area contributed by atoms with E-state index in [-0.39, 0.29) is 52.9 Å². The summed E-state index contributed by atoms with van der Waals surface area (Å²) < 4.78 is 228. The predicted octanol–water partition coefficient (Wildman–Crippen LogP) is -0.00740. The first-order chi connectivity index (χ1) is 51.6. The van der Waals surface area contributed by atoms with Crippen molar-refractivity contribution in [1.29, 1.82) is 0 Å². The zero-order chi connectivity index (χ0) is 76.3. The van der Waals surface area contributed by atoms with Gasteiger partial charge in [0.15, 0.2) is 50.1 Å². The molecular weight excluding hydrogens is 1420 g/mol. The van der Waals surface area contributed by atoms with Crippen LogP contribution in [0.2, 0.25) is 0 Å². The molecule has 21 aliphatic heterocycles. The molecule has 36 nitrogen and oxygen atoms in total. The van der Waals surface area contributed by atoms with E-state index in [1.165, 1.54) is 142 Å². The van der Waals surface area contributed by atoms with Gasteiger partial charge in [-0.25, -0.2) is 0 Å². The normalized spacial score (nSPS) is 43.4. The first-order valence-corrected chi connectivity index (χ1v) is 35.3. The van der Waals surface area contributed by atoms with Crippen molar-refractivity contribution in [1.82, 2.24) is 0 Å². The summed E-state index contributed by atoms with van der Waals surface area (Å²) in [5.74, 6) is -0.719. The Morgan fingerprint density at radius 1 is 0.255 bits per heavy atom. The Hall–Kier alpha value is -2.67. The molecule has 0 spiro atoms. The molecule has 0 amide bonds. The van der Waals surface area contributed by atoms with E-state index >= 15 is 0 Å². The summed E-state index contributed by atoms with van der Waals surface area (Å²) in [6.45, 7) is 0.652. The maximum atomic E-state index is 13.6. The summed E-state index contributed by atoms with van der Waals surface area (Å²) in [5.41, 5.74) is 0.800. The minimum atomic E-state index is -1.49. The van der Waals surface area contributed by atoms with Crippen LogP contribution < -0.4 is 0 Å². The van der Waals surface area contributed by atoms with Gasteiger partial charge < -0.3 is 166 Å².